The van der Waals surface area contributed by atoms with Crippen molar-refractivity contribution in [1.82, 2.24) is 25.0 Å². The lowest BCUT2D eigenvalue weighted by Gasteiger charge is -2.05. The maximum absolute atomic E-state index is 5.60. The van der Waals surface area contributed by atoms with Crippen LogP contribution in [0.15, 0.2) is 46.9 Å². The SMILES string of the molecule is CCc1nnc(Cn2nc(C)nc2-c2ccc3ccccc3c2)o1. The predicted octanol–water partition coefficient (Wildman–Crippen LogP) is 3.40. The molecule has 0 atom stereocenters. The van der Waals surface area contributed by atoms with E-state index >= 15 is 0 Å². The molecule has 0 amide bonds. The molecule has 0 aliphatic carbocycles. The first-order valence-corrected chi connectivity index (χ1v) is 7.95. The second-order valence-electron chi connectivity index (χ2n) is 5.65. The van der Waals surface area contributed by atoms with Gasteiger partial charge in [0.05, 0.1) is 0 Å². The van der Waals surface area contributed by atoms with Gasteiger partial charge in [0.1, 0.15) is 12.4 Å². The maximum atomic E-state index is 5.60. The summed E-state index contributed by atoms with van der Waals surface area (Å²) in [4.78, 5) is 4.57. The molecule has 4 rings (SSSR count). The van der Waals surface area contributed by atoms with Gasteiger partial charge < -0.3 is 4.42 Å². The van der Waals surface area contributed by atoms with Gasteiger partial charge in [0.25, 0.3) is 0 Å². The van der Waals surface area contributed by atoms with E-state index < -0.39 is 0 Å². The fraction of sp³-hybridized carbons (Fsp3) is 0.222. The van der Waals surface area contributed by atoms with Gasteiger partial charge in [0, 0.05) is 12.0 Å². The summed E-state index contributed by atoms with van der Waals surface area (Å²) in [7, 11) is 0. The van der Waals surface area contributed by atoms with Crippen LogP contribution in [0, 0.1) is 6.92 Å². The van der Waals surface area contributed by atoms with E-state index in [-0.39, 0.29) is 0 Å². The molecule has 0 saturated carbocycles. The Morgan fingerprint density at radius 2 is 1.79 bits per heavy atom. The minimum absolute atomic E-state index is 0.413. The highest BCUT2D eigenvalue weighted by Crippen LogP contribution is 2.23. The highest BCUT2D eigenvalue weighted by molar-refractivity contribution is 5.86. The molecule has 0 unspecified atom stereocenters. The average molecular weight is 319 g/mol. The van der Waals surface area contributed by atoms with Crippen LogP contribution in [0.2, 0.25) is 0 Å². The van der Waals surface area contributed by atoms with E-state index in [1.165, 1.54) is 10.8 Å². The summed E-state index contributed by atoms with van der Waals surface area (Å²) in [5.41, 5.74) is 1.02. The molecule has 2 heterocycles. The second kappa shape index (κ2) is 5.88. The molecule has 0 fully saturated rings. The predicted molar refractivity (Wildman–Crippen MR) is 90.5 cm³/mol. The Morgan fingerprint density at radius 3 is 2.58 bits per heavy atom. The summed E-state index contributed by atoms with van der Waals surface area (Å²) < 4.78 is 7.41. The number of benzene rings is 2. The molecule has 2 aromatic carbocycles. The third-order valence-corrected chi connectivity index (χ3v) is 3.88. The van der Waals surface area contributed by atoms with Crippen molar-refractivity contribution in [3.8, 4) is 11.4 Å². The van der Waals surface area contributed by atoms with Crippen LogP contribution in [-0.2, 0) is 13.0 Å². The van der Waals surface area contributed by atoms with Gasteiger partial charge in [0.2, 0.25) is 11.8 Å². The van der Waals surface area contributed by atoms with E-state index in [0.717, 1.165) is 17.8 Å². The van der Waals surface area contributed by atoms with E-state index in [1.807, 2.05) is 30.7 Å². The van der Waals surface area contributed by atoms with Crippen LogP contribution in [0.5, 0.6) is 0 Å². The first-order chi connectivity index (χ1) is 11.7. The molecule has 120 valence electrons. The van der Waals surface area contributed by atoms with Gasteiger partial charge in [-0.15, -0.1) is 10.2 Å². The van der Waals surface area contributed by atoms with Crippen LogP contribution in [0.4, 0.5) is 0 Å². The van der Waals surface area contributed by atoms with Crippen LogP contribution < -0.4 is 0 Å². The van der Waals surface area contributed by atoms with Gasteiger partial charge in [0.15, 0.2) is 5.82 Å². The van der Waals surface area contributed by atoms with E-state index in [4.69, 9.17) is 4.42 Å². The number of aryl methyl sites for hydroxylation is 2. The third-order valence-electron chi connectivity index (χ3n) is 3.88. The lowest BCUT2D eigenvalue weighted by molar-refractivity contribution is 0.434. The smallest absolute Gasteiger partial charge is 0.238 e. The molecule has 0 radical (unpaired) electrons. The first-order valence-electron chi connectivity index (χ1n) is 7.95. The lowest BCUT2D eigenvalue weighted by atomic mass is 10.1. The number of fused-ring (bicyclic) bond motifs is 1. The van der Waals surface area contributed by atoms with Gasteiger partial charge in [-0.05, 0) is 23.8 Å². The van der Waals surface area contributed by atoms with Crippen LogP contribution in [0.1, 0.15) is 24.5 Å². The number of aromatic nitrogens is 5. The quantitative estimate of drug-likeness (QED) is 0.576. The molecule has 6 nitrogen and oxygen atoms in total. The molecule has 24 heavy (non-hydrogen) atoms. The van der Waals surface area contributed by atoms with Crippen LogP contribution in [-0.4, -0.2) is 25.0 Å². The Balaban J connectivity index is 1.74. The number of hydrogen-bond acceptors (Lipinski definition) is 5. The minimum atomic E-state index is 0.413. The number of hydrogen-bond donors (Lipinski definition) is 0. The van der Waals surface area contributed by atoms with Gasteiger partial charge in [-0.3, -0.25) is 0 Å². The summed E-state index contributed by atoms with van der Waals surface area (Å²) in [6.45, 7) is 4.28. The first kappa shape index (κ1) is 14.6. The second-order valence-corrected chi connectivity index (χ2v) is 5.65. The van der Waals surface area contributed by atoms with Gasteiger partial charge >= 0.3 is 0 Å². The molecule has 0 spiro atoms. The van der Waals surface area contributed by atoms with Crippen molar-refractivity contribution in [1.29, 1.82) is 0 Å². The van der Waals surface area contributed by atoms with Crippen molar-refractivity contribution >= 4 is 10.8 Å². The topological polar surface area (TPSA) is 69.6 Å². The minimum Gasteiger partial charge on any atom is -0.423 e. The van der Waals surface area contributed by atoms with Crippen molar-refractivity contribution in [2.24, 2.45) is 0 Å². The largest absolute Gasteiger partial charge is 0.423 e. The van der Waals surface area contributed by atoms with Crippen molar-refractivity contribution in [3.05, 3.63) is 60.1 Å². The fourth-order valence-corrected chi connectivity index (χ4v) is 2.73. The van der Waals surface area contributed by atoms with Crippen LogP contribution in [0.25, 0.3) is 22.2 Å². The Kier molecular flexibility index (Phi) is 3.57. The average Bonchev–Trinajstić information content (AvgIpc) is 3.21. The van der Waals surface area contributed by atoms with E-state index in [1.54, 1.807) is 0 Å². The maximum Gasteiger partial charge on any atom is 0.238 e. The summed E-state index contributed by atoms with van der Waals surface area (Å²) in [5, 5.41) is 14.9. The lowest BCUT2D eigenvalue weighted by Crippen LogP contribution is -2.04. The molecule has 0 bridgehead atoms. The van der Waals surface area contributed by atoms with E-state index in [2.05, 4.69) is 50.6 Å². The molecule has 0 saturated heterocycles. The standard InChI is InChI=1S/C18H17N5O/c1-3-16-20-21-17(24-16)11-23-18(19-12(2)22-23)15-9-8-13-6-4-5-7-14(13)10-15/h4-10H,3,11H2,1-2H3. The van der Waals surface area contributed by atoms with E-state index in [9.17, 15) is 0 Å². The van der Waals surface area contributed by atoms with Gasteiger partial charge in [-0.25, -0.2) is 9.67 Å². The summed E-state index contributed by atoms with van der Waals surface area (Å²) in [6, 6.07) is 14.6. The zero-order valence-electron chi connectivity index (χ0n) is 13.6. The van der Waals surface area contributed by atoms with Crippen molar-refractivity contribution < 1.29 is 4.42 Å². The molecule has 0 N–H and O–H groups in total. The van der Waals surface area contributed by atoms with Gasteiger partial charge in [-0.2, -0.15) is 5.10 Å². The zero-order chi connectivity index (χ0) is 16.5. The third kappa shape index (κ3) is 2.67. The Bertz CT molecular complexity index is 1000. The van der Waals surface area contributed by atoms with Crippen LogP contribution >= 0.6 is 0 Å². The highest BCUT2D eigenvalue weighted by Gasteiger charge is 2.14. The molecule has 6 heteroatoms. The summed E-state index contributed by atoms with van der Waals surface area (Å²) in [6.07, 6.45) is 0.723. The normalized spacial score (nSPS) is 11.2. The number of rotatable bonds is 4. The van der Waals surface area contributed by atoms with Crippen LogP contribution in [0.3, 0.4) is 0 Å². The Hall–Kier alpha value is -3.02. The van der Waals surface area contributed by atoms with Crippen molar-refractivity contribution in [3.63, 3.8) is 0 Å². The molecule has 0 aliphatic heterocycles. The zero-order valence-corrected chi connectivity index (χ0v) is 13.6. The molecular weight excluding hydrogens is 302 g/mol. The molecular formula is C18H17N5O. The molecule has 2 aromatic heterocycles. The molecule has 4 aromatic rings. The Labute approximate surface area is 139 Å². The summed E-state index contributed by atoms with van der Waals surface area (Å²) in [5.74, 6) is 2.69. The van der Waals surface area contributed by atoms with Crippen molar-refractivity contribution in [2.75, 3.05) is 0 Å². The van der Waals surface area contributed by atoms with Crippen molar-refractivity contribution in [2.45, 2.75) is 26.8 Å². The fourth-order valence-electron chi connectivity index (χ4n) is 2.73. The number of nitrogens with zero attached hydrogens (tertiary/aromatic N) is 5. The molecule has 0 aliphatic rings. The Morgan fingerprint density at radius 1 is 1.00 bits per heavy atom. The van der Waals surface area contributed by atoms with E-state index in [0.29, 0.717) is 24.2 Å². The summed E-state index contributed by atoms with van der Waals surface area (Å²) >= 11 is 0. The van der Waals surface area contributed by atoms with Gasteiger partial charge in [-0.1, -0.05) is 43.3 Å². The monoisotopic (exact) mass is 319 g/mol. The highest BCUT2D eigenvalue weighted by atomic mass is 16.4.